The molecule has 0 aliphatic carbocycles. The highest BCUT2D eigenvalue weighted by molar-refractivity contribution is 7.89. The Hall–Kier alpha value is -1.02. The molecular weight excluding hydrogens is 331 g/mol. The number of hydrogen-bond acceptors (Lipinski definition) is 3. The van der Waals surface area contributed by atoms with Crippen molar-refractivity contribution in [3.63, 3.8) is 0 Å². The molecular formula is C17H26FN2O3S+. The largest absolute Gasteiger partial charge is 0.364 e. The Morgan fingerprint density at radius 1 is 1.08 bits per heavy atom. The molecule has 5 nitrogen and oxygen atoms in total. The van der Waals surface area contributed by atoms with Crippen molar-refractivity contribution in [1.29, 1.82) is 0 Å². The number of morpholine rings is 1. The summed E-state index contributed by atoms with van der Waals surface area (Å²) in [6.07, 6.45) is 2.22. The van der Waals surface area contributed by atoms with Gasteiger partial charge in [-0.15, -0.1) is 0 Å². The fourth-order valence-electron chi connectivity index (χ4n) is 3.91. The number of ether oxygens (including phenoxy) is 1. The van der Waals surface area contributed by atoms with Crippen LogP contribution in [0.4, 0.5) is 4.39 Å². The van der Waals surface area contributed by atoms with Gasteiger partial charge in [0.05, 0.1) is 10.9 Å². The average molecular weight is 357 g/mol. The summed E-state index contributed by atoms with van der Waals surface area (Å²) in [7, 11) is -3.52. The second-order valence-electron chi connectivity index (χ2n) is 6.96. The van der Waals surface area contributed by atoms with E-state index in [1.54, 1.807) is 0 Å². The van der Waals surface area contributed by atoms with Crippen LogP contribution in [-0.2, 0) is 14.8 Å². The summed E-state index contributed by atoms with van der Waals surface area (Å²) in [4.78, 5) is 1.70. The predicted octanol–water partition coefficient (Wildman–Crippen LogP) is 0.671. The van der Waals surface area contributed by atoms with Crippen molar-refractivity contribution in [3.05, 3.63) is 30.1 Å². The van der Waals surface area contributed by atoms with Crippen molar-refractivity contribution in [2.75, 3.05) is 26.2 Å². The highest BCUT2D eigenvalue weighted by Crippen LogP contribution is 2.20. The van der Waals surface area contributed by atoms with Gasteiger partial charge in [0.25, 0.3) is 0 Å². The van der Waals surface area contributed by atoms with Gasteiger partial charge in [-0.2, -0.15) is 4.31 Å². The fraction of sp³-hybridized carbons (Fsp3) is 0.647. The lowest BCUT2D eigenvalue weighted by molar-refractivity contribution is -0.940. The van der Waals surface area contributed by atoms with Crippen molar-refractivity contribution in [2.24, 2.45) is 0 Å². The molecule has 1 aromatic carbocycles. The zero-order valence-electron chi connectivity index (χ0n) is 14.2. The third-order valence-electron chi connectivity index (χ3n) is 5.05. The van der Waals surface area contributed by atoms with Crippen molar-refractivity contribution < 1.29 is 22.4 Å². The molecule has 0 amide bonds. The summed E-state index contributed by atoms with van der Waals surface area (Å²) in [5.41, 5.74) is 0. The number of hydrogen-bond donors (Lipinski definition) is 1. The average Bonchev–Trinajstić information content (AvgIpc) is 2.54. The second kappa shape index (κ2) is 7.07. The minimum Gasteiger partial charge on any atom is -0.364 e. The summed E-state index contributed by atoms with van der Waals surface area (Å²) < 4.78 is 45.7. The lowest BCUT2D eigenvalue weighted by Crippen LogP contribution is -3.19. The molecule has 134 valence electrons. The Morgan fingerprint density at radius 2 is 1.62 bits per heavy atom. The third-order valence-corrected chi connectivity index (χ3v) is 6.96. The van der Waals surface area contributed by atoms with Crippen molar-refractivity contribution >= 4 is 10.0 Å². The Labute approximate surface area is 143 Å². The minimum atomic E-state index is -3.52. The van der Waals surface area contributed by atoms with Gasteiger partial charge in [0, 0.05) is 25.9 Å². The quantitative estimate of drug-likeness (QED) is 0.865. The first-order valence-corrected chi connectivity index (χ1v) is 10.1. The number of quaternary nitrogens is 1. The monoisotopic (exact) mass is 357 g/mol. The molecule has 1 N–H and O–H groups in total. The molecule has 0 saturated carbocycles. The lowest BCUT2D eigenvalue weighted by Gasteiger charge is -2.40. The highest BCUT2D eigenvalue weighted by Gasteiger charge is 2.36. The summed E-state index contributed by atoms with van der Waals surface area (Å²) in [5, 5.41) is 0. The van der Waals surface area contributed by atoms with Gasteiger partial charge in [0.1, 0.15) is 31.1 Å². The van der Waals surface area contributed by atoms with Gasteiger partial charge < -0.3 is 9.64 Å². The Balaban J connectivity index is 1.63. The highest BCUT2D eigenvalue weighted by atomic mass is 32.2. The van der Waals surface area contributed by atoms with Crippen molar-refractivity contribution in [2.45, 2.75) is 49.8 Å². The van der Waals surface area contributed by atoms with Crippen LogP contribution >= 0.6 is 0 Å². The Morgan fingerprint density at radius 3 is 2.17 bits per heavy atom. The van der Waals surface area contributed by atoms with E-state index >= 15 is 0 Å². The normalized spacial score (nSPS) is 30.4. The first-order valence-electron chi connectivity index (χ1n) is 8.62. The van der Waals surface area contributed by atoms with E-state index in [0.29, 0.717) is 19.1 Å². The van der Waals surface area contributed by atoms with Crippen LogP contribution < -0.4 is 4.90 Å². The SMILES string of the molecule is C[C@H]1C[NH+](C2CCN(S(=O)(=O)c3ccc(F)cc3)CC2)C[C@H](C)O1. The lowest BCUT2D eigenvalue weighted by atomic mass is 10.0. The van der Waals surface area contributed by atoms with Crippen LogP contribution in [-0.4, -0.2) is 57.2 Å². The number of sulfonamides is 1. The second-order valence-corrected chi connectivity index (χ2v) is 8.89. The Bertz CT molecular complexity index is 647. The summed E-state index contributed by atoms with van der Waals surface area (Å²) in [6, 6.07) is 5.56. The summed E-state index contributed by atoms with van der Waals surface area (Å²) >= 11 is 0. The maximum absolute atomic E-state index is 13.0. The third kappa shape index (κ3) is 3.79. The molecule has 0 spiro atoms. The molecule has 2 fully saturated rings. The number of nitrogens with one attached hydrogen (secondary N) is 1. The van der Waals surface area contributed by atoms with E-state index in [1.165, 1.54) is 33.5 Å². The van der Waals surface area contributed by atoms with Crippen molar-refractivity contribution in [1.82, 2.24) is 4.31 Å². The zero-order valence-corrected chi connectivity index (χ0v) is 15.1. The molecule has 0 radical (unpaired) electrons. The van der Waals surface area contributed by atoms with Crippen LogP contribution in [0.3, 0.4) is 0 Å². The first kappa shape index (κ1) is 17.8. The molecule has 7 heteroatoms. The molecule has 0 bridgehead atoms. The van der Waals surface area contributed by atoms with Gasteiger partial charge in [0.15, 0.2) is 0 Å². The molecule has 3 rings (SSSR count). The molecule has 0 aromatic heterocycles. The smallest absolute Gasteiger partial charge is 0.243 e. The minimum absolute atomic E-state index is 0.170. The van der Waals surface area contributed by atoms with Crippen LogP contribution in [0.1, 0.15) is 26.7 Å². The van der Waals surface area contributed by atoms with Crippen LogP contribution in [0.25, 0.3) is 0 Å². The van der Waals surface area contributed by atoms with Gasteiger partial charge in [-0.05, 0) is 38.1 Å². The molecule has 2 aliphatic heterocycles. The predicted molar refractivity (Wildman–Crippen MR) is 88.9 cm³/mol. The van der Waals surface area contributed by atoms with E-state index in [1.807, 2.05) is 0 Å². The van der Waals surface area contributed by atoms with Crippen molar-refractivity contribution in [3.8, 4) is 0 Å². The summed E-state index contributed by atoms with van der Waals surface area (Å²) in [6.45, 7) is 7.22. The molecule has 24 heavy (non-hydrogen) atoms. The maximum atomic E-state index is 13.0. The molecule has 1 aromatic rings. The van der Waals surface area contributed by atoms with E-state index in [0.717, 1.165) is 25.9 Å². The number of rotatable bonds is 3. The standard InChI is InChI=1S/C17H25FN2O3S/c1-13-11-19(12-14(2)23-13)16-7-9-20(10-8-16)24(21,22)17-5-3-15(18)4-6-17/h3-6,13-14,16H,7-12H2,1-2H3/p+1/t13-,14-/m0/s1. The maximum Gasteiger partial charge on any atom is 0.243 e. The fourth-order valence-corrected chi connectivity index (χ4v) is 5.38. The first-order chi connectivity index (χ1) is 11.4. The van der Waals surface area contributed by atoms with E-state index in [9.17, 15) is 12.8 Å². The van der Waals surface area contributed by atoms with Crippen LogP contribution in [0.5, 0.6) is 0 Å². The van der Waals surface area contributed by atoms with Gasteiger partial charge in [-0.3, -0.25) is 0 Å². The van der Waals surface area contributed by atoms with Gasteiger partial charge in [-0.1, -0.05) is 0 Å². The molecule has 2 saturated heterocycles. The molecule has 0 unspecified atom stereocenters. The van der Waals surface area contributed by atoms with Crippen LogP contribution in [0.15, 0.2) is 29.2 Å². The number of nitrogens with zero attached hydrogens (tertiary/aromatic N) is 1. The Kier molecular flexibility index (Phi) is 5.24. The van der Waals surface area contributed by atoms with Crippen LogP contribution in [0, 0.1) is 5.82 Å². The van der Waals surface area contributed by atoms with E-state index in [4.69, 9.17) is 4.74 Å². The van der Waals surface area contributed by atoms with Gasteiger partial charge >= 0.3 is 0 Å². The number of halogens is 1. The van der Waals surface area contributed by atoms with Crippen LogP contribution in [0.2, 0.25) is 0 Å². The molecule has 2 heterocycles. The van der Waals surface area contributed by atoms with Gasteiger partial charge in [-0.25, -0.2) is 12.8 Å². The number of piperidine rings is 1. The molecule has 2 atom stereocenters. The van der Waals surface area contributed by atoms with E-state index in [-0.39, 0.29) is 17.1 Å². The van der Waals surface area contributed by atoms with Gasteiger partial charge in [0.2, 0.25) is 10.0 Å². The summed E-state index contributed by atoms with van der Waals surface area (Å²) in [5.74, 6) is -0.424. The molecule has 2 aliphatic rings. The topological polar surface area (TPSA) is 51.0 Å². The van der Waals surface area contributed by atoms with E-state index < -0.39 is 15.8 Å². The number of benzene rings is 1. The zero-order chi connectivity index (χ0) is 17.3. The van der Waals surface area contributed by atoms with E-state index in [2.05, 4.69) is 13.8 Å².